The third kappa shape index (κ3) is 9.84. The van der Waals surface area contributed by atoms with Crippen LogP contribution in [0.25, 0.3) is 0 Å². The molecule has 0 fully saturated rings. The molecule has 0 radical (unpaired) electrons. The van der Waals surface area contributed by atoms with Gasteiger partial charge in [-0.1, -0.05) is 40.7 Å². The fraction of sp³-hybridized carbons (Fsp3) is 0.655. The maximum atomic E-state index is 12.9. The topological polar surface area (TPSA) is 151 Å². The molecule has 0 spiro atoms. The summed E-state index contributed by atoms with van der Waals surface area (Å²) in [6.45, 7) is 16.1. The first-order valence-corrected chi connectivity index (χ1v) is 13.3. The summed E-state index contributed by atoms with van der Waals surface area (Å²) in [7, 11) is 0. The standard InChI is InChI=1S/C29H45NO9/c1-10-28(6,7)25(33)38-20-13-12-19(14-21(20)39-26(34)29(8,9)11-2)22(23(30)24(31)32)18(5)16-37-27(35)36-15-17(3)4/h12-14,17-18,22-23H,10-11,15-16,30H2,1-9H3,(H,31,32)/t18?,22?,23-/m0/s1. The normalized spacial score (nSPS) is 14.2. The van der Waals surface area contributed by atoms with Gasteiger partial charge in [-0.15, -0.1) is 0 Å². The highest BCUT2D eigenvalue weighted by Gasteiger charge is 2.35. The minimum Gasteiger partial charge on any atom is -0.480 e. The van der Waals surface area contributed by atoms with E-state index in [9.17, 15) is 24.3 Å². The molecule has 10 heteroatoms. The summed E-state index contributed by atoms with van der Waals surface area (Å²) < 4.78 is 21.6. The number of carboxylic acid groups (broad SMARTS) is 1. The monoisotopic (exact) mass is 551 g/mol. The van der Waals surface area contributed by atoms with Gasteiger partial charge in [-0.2, -0.15) is 0 Å². The number of carbonyl (C=O) groups is 4. The average molecular weight is 552 g/mol. The molecular weight excluding hydrogens is 506 g/mol. The van der Waals surface area contributed by atoms with E-state index in [0.29, 0.717) is 18.4 Å². The first-order valence-electron chi connectivity index (χ1n) is 13.3. The molecule has 39 heavy (non-hydrogen) atoms. The molecule has 2 unspecified atom stereocenters. The van der Waals surface area contributed by atoms with Gasteiger partial charge in [-0.3, -0.25) is 14.4 Å². The van der Waals surface area contributed by atoms with E-state index in [0.717, 1.165) is 0 Å². The predicted octanol–water partition coefficient (Wildman–Crippen LogP) is 5.31. The maximum Gasteiger partial charge on any atom is 0.508 e. The van der Waals surface area contributed by atoms with Crippen LogP contribution in [0.3, 0.4) is 0 Å². The molecule has 0 aliphatic heterocycles. The second-order valence-corrected chi connectivity index (χ2v) is 11.6. The number of hydrogen-bond acceptors (Lipinski definition) is 9. The highest BCUT2D eigenvalue weighted by Crippen LogP contribution is 2.38. The third-order valence-corrected chi connectivity index (χ3v) is 6.91. The number of nitrogens with two attached hydrogens (primary N) is 1. The van der Waals surface area contributed by atoms with Crippen molar-refractivity contribution >= 4 is 24.1 Å². The average Bonchev–Trinajstić information content (AvgIpc) is 2.87. The molecule has 0 heterocycles. The second kappa shape index (κ2) is 14.3. The molecule has 1 aromatic carbocycles. The largest absolute Gasteiger partial charge is 0.508 e. The SMILES string of the molecule is CCC(C)(C)C(=O)Oc1ccc(C(C(C)COC(=O)OCC(C)C)[C@H](N)C(=O)O)cc1OC(=O)C(C)(C)CC. The van der Waals surface area contributed by atoms with E-state index in [1.165, 1.54) is 12.1 Å². The number of carbonyl (C=O) groups excluding carboxylic acids is 3. The van der Waals surface area contributed by atoms with E-state index in [2.05, 4.69) is 0 Å². The molecule has 1 aromatic rings. The van der Waals surface area contributed by atoms with Crippen molar-refractivity contribution in [3.05, 3.63) is 23.8 Å². The number of esters is 2. The Labute approximate surface area is 231 Å². The number of hydrogen-bond donors (Lipinski definition) is 2. The van der Waals surface area contributed by atoms with Crippen LogP contribution in [0.5, 0.6) is 11.5 Å². The number of rotatable bonds is 14. The zero-order chi connectivity index (χ0) is 30.1. The molecule has 220 valence electrons. The molecular formula is C29H45NO9. The lowest BCUT2D eigenvalue weighted by Crippen LogP contribution is -2.40. The first kappa shape index (κ1) is 33.9. The Balaban J connectivity index is 3.46. The van der Waals surface area contributed by atoms with Crippen molar-refractivity contribution in [2.24, 2.45) is 28.4 Å². The molecule has 0 aromatic heterocycles. The Morgan fingerprint density at radius 3 is 1.79 bits per heavy atom. The Bertz CT molecular complexity index is 1020. The van der Waals surface area contributed by atoms with Gasteiger partial charge in [0.05, 0.1) is 24.0 Å². The Morgan fingerprint density at radius 2 is 1.33 bits per heavy atom. The van der Waals surface area contributed by atoms with Gasteiger partial charge in [0.2, 0.25) is 0 Å². The van der Waals surface area contributed by atoms with Crippen molar-refractivity contribution in [1.82, 2.24) is 0 Å². The van der Waals surface area contributed by atoms with E-state index >= 15 is 0 Å². The minimum absolute atomic E-state index is 0.0225. The van der Waals surface area contributed by atoms with Crippen LogP contribution in [0, 0.1) is 22.7 Å². The molecule has 0 bridgehead atoms. The zero-order valence-electron chi connectivity index (χ0n) is 24.7. The van der Waals surface area contributed by atoms with Gasteiger partial charge < -0.3 is 29.8 Å². The maximum absolute atomic E-state index is 12.9. The summed E-state index contributed by atoms with van der Waals surface area (Å²) in [5.74, 6) is -3.62. The molecule has 0 amide bonds. The number of aliphatic carboxylic acids is 1. The Kier molecular flexibility index (Phi) is 12.4. The van der Waals surface area contributed by atoms with Crippen molar-refractivity contribution in [3.8, 4) is 11.5 Å². The lowest BCUT2D eigenvalue weighted by molar-refractivity contribution is -0.147. The summed E-state index contributed by atoms with van der Waals surface area (Å²) in [6, 6.07) is 3.09. The zero-order valence-corrected chi connectivity index (χ0v) is 24.7. The number of carboxylic acids is 1. The van der Waals surface area contributed by atoms with Crippen LogP contribution in [0.1, 0.15) is 86.6 Å². The second-order valence-electron chi connectivity index (χ2n) is 11.6. The molecule has 10 nitrogen and oxygen atoms in total. The fourth-order valence-corrected chi connectivity index (χ4v) is 3.28. The Morgan fingerprint density at radius 1 is 0.846 bits per heavy atom. The van der Waals surface area contributed by atoms with Gasteiger partial charge in [0.1, 0.15) is 6.04 Å². The molecule has 3 N–H and O–H groups in total. The first-order chi connectivity index (χ1) is 18.0. The van der Waals surface area contributed by atoms with E-state index < -0.39 is 52.8 Å². The van der Waals surface area contributed by atoms with Gasteiger partial charge in [-0.05, 0) is 70.1 Å². The van der Waals surface area contributed by atoms with E-state index in [1.54, 1.807) is 40.7 Å². The molecule has 0 aliphatic rings. The minimum atomic E-state index is -1.38. The van der Waals surface area contributed by atoms with Crippen LogP contribution in [-0.4, -0.2) is 48.4 Å². The van der Waals surface area contributed by atoms with Gasteiger partial charge in [-0.25, -0.2) is 4.79 Å². The molecule has 0 saturated carbocycles. The lowest BCUT2D eigenvalue weighted by atomic mass is 9.82. The van der Waals surface area contributed by atoms with E-state index in [-0.39, 0.29) is 30.6 Å². The van der Waals surface area contributed by atoms with Gasteiger partial charge in [0.15, 0.2) is 11.5 Å². The lowest BCUT2D eigenvalue weighted by Gasteiger charge is -2.28. The van der Waals surface area contributed by atoms with Gasteiger partial charge >= 0.3 is 24.1 Å². The van der Waals surface area contributed by atoms with Crippen LogP contribution >= 0.6 is 0 Å². The quantitative estimate of drug-likeness (QED) is 0.230. The summed E-state index contributed by atoms with van der Waals surface area (Å²) >= 11 is 0. The van der Waals surface area contributed by atoms with Crippen molar-refractivity contribution < 1.29 is 43.2 Å². The van der Waals surface area contributed by atoms with Crippen molar-refractivity contribution in [2.75, 3.05) is 13.2 Å². The van der Waals surface area contributed by atoms with E-state index in [1.807, 2.05) is 27.7 Å². The van der Waals surface area contributed by atoms with Crippen molar-refractivity contribution in [1.29, 1.82) is 0 Å². The number of ether oxygens (including phenoxy) is 4. The number of benzene rings is 1. The summed E-state index contributed by atoms with van der Waals surface area (Å²) in [5, 5.41) is 9.72. The van der Waals surface area contributed by atoms with Gasteiger partial charge in [0, 0.05) is 5.92 Å². The van der Waals surface area contributed by atoms with Crippen molar-refractivity contribution in [3.63, 3.8) is 0 Å². The summed E-state index contributed by atoms with van der Waals surface area (Å²) in [4.78, 5) is 49.6. The molecule has 0 saturated heterocycles. The molecule has 0 aliphatic carbocycles. The van der Waals surface area contributed by atoms with Gasteiger partial charge in [0.25, 0.3) is 0 Å². The van der Waals surface area contributed by atoms with E-state index in [4.69, 9.17) is 24.7 Å². The summed E-state index contributed by atoms with van der Waals surface area (Å²) in [5.41, 5.74) is 4.87. The highest BCUT2D eigenvalue weighted by molar-refractivity contribution is 5.81. The highest BCUT2D eigenvalue weighted by atomic mass is 16.7. The molecule has 3 atom stereocenters. The van der Waals surface area contributed by atoms with Crippen LogP contribution in [0.4, 0.5) is 4.79 Å². The third-order valence-electron chi connectivity index (χ3n) is 6.91. The van der Waals surface area contributed by atoms with Crippen LogP contribution < -0.4 is 15.2 Å². The fourth-order valence-electron chi connectivity index (χ4n) is 3.28. The Hall–Kier alpha value is -3.14. The van der Waals surface area contributed by atoms with Crippen LogP contribution in [0.15, 0.2) is 18.2 Å². The van der Waals surface area contributed by atoms with Crippen LogP contribution in [-0.2, 0) is 23.9 Å². The van der Waals surface area contributed by atoms with Crippen LogP contribution in [0.2, 0.25) is 0 Å². The smallest absolute Gasteiger partial charge is 0.480 e. The summed E-state index contributed by atoms with van der Waals surface area (Å²) in [6.07, 6.45) is 0.154. The predicted molar refractivity (Wildman–Crippen MR) is 146 cm³/mol. The van der Waals surface area contributed by atoms with Crippen molar-refractivity contribution in [2.45, 2.75) is 87.1 Å². The molecule has 1 rings (SSSR count).